The van der Waals surface area contributed by atoms with Crippen molar-refractivity contribution >= 4 is 11.8 Å². The van der Waals surface area contributed by atoms with E-state index in [1.54, 1.807) is 53.8 Å². The first-order chi connectivity index (χ1) is 12.6. The van der Waals surface area contributed by atoms with Gasteiger partial charge >= 0.3 is 0 Å². The smallest absolute Gasteiger partial charge is 0.255 e. The second-order valence-electron chi connectivity index (χ2n) is 5.45. The molecule has 2 amide bonds. The fourth-order valence-electron chi connectivity index (χ4n) is 2.25. The van der Waals surface area contributed by atoms with Gasteiger partial charge in [0.15, 0.2) is 6.61 Å². The van der Waals surface area contributed by atoms with Crippen molar-refractivity contribution in [2.24, 2.45) is 5.73 Å². The van der Waals surface area contributed by atoms with Gasteiger partial charge in [0.1, 0.15) is 17.9 Å². The SMILES string of the molecule is NC(=O)COc1ccc(C(=O)NCc2ccnc(-n3ccnc3)c2)cc1. The molecule has 3 rings (SSSR count). The highest BCUT2D eigenvalue weighted by Gasteiger charge is 2.07. The van der Waals surface area contributed by atoms with Crippen molar-refractivity contribution in [1.29, 1.82) is 0 Å². The average molecular weight is 351 g/mol. The van der Waals surface area contributed by atoms with E-state index in [0.717, 1.165) is 11.4 Å². The molecular formula is C18H17N5O3. The fourth-order valence-corrected chi connectivity index (χ4v) is 2.25. The van der Waals surface area contributed by atoms with E-state index in [1.165, 1.54) is 0 Å². The van der Waals surface area contributed by atoms with Crippen LogP contribution in [-0.2, 0) is 11.3 Å². The van der Waals surface area contributed by atoms with Crippen LogP contribution in [0.2, 0.25) is 0 Å². The summed E-state index contributed by atoms with van der Waals surface area (Å²) in [6.07, 6.45) is 6.81. The zero-order valence-electron chi connectivity index (χ0n) is 13.8. The highest BCUT2D eigenvalue weighted by atomic mass is 16.5. The molecule has 3 N–H and O–H groups in total. The number of rotatable bonds is 7. The fraction of sp³-hybridized carbons (Fsp3) is 0.111. The zero-order valence-corrected chi connectivity index (χ0v) is 13.8. The second kappa shape index (κ2) is 7.93. The lowest BCUT2D eigenvalue weighted by Crippen LogP contribution is -2.23. The number of hydrogen-bond donors (Lipinski definition) is 2. The Morgan fingerprint density at radius 1 is 1.15 bits per heavy atom. The van der Waals surface area contributed by atoms with Crippen LogP contribution in [0, 0.1) is 0 Å². The van der Waals surface area contributed by atoms with Gasteiger partial charge in [-0.2, -0.15) is 0 Å². The lowest BCUT2D eigenvalue weighted by Gasteiger charge is -2.08. The molecule has 1 aromatic carbocycles. The summed E-state index contributed by atoms with van der Waals surface area (Å²) in [5, 5.41) is 2.85. The van der Waals surface area contributed by atoms with Crippen LogP contribution in [0.5, 0.6) is 5.75 Å². The van der Waals surface area contributed by atoms with Gasteiger partial charge in [0.25, 0.3) is 11.8 Å². The number of hydrogen-bond acceptors (Lipinski definition) is 5. The third-order valence-electron chi connectivity index (χ3n) is 3.53. The van der Waals surface area contributed by atoms with E-state index in [9.17, 15) is 9.59 Å². The van der Waals surface area contributed by atoms with Gasteiger partial charge in [0.05, 0.1) is 0 Å². The zero-order chi connectivity index (χ0) is 18.4. The van der Waals surface area contributed by atoms with Gasteiger partial charge in [-0.1, -0.05) is 0 Å². The summed E-state index contributed by atoms with van der Waals surface area (Å²) in [4.78, 5) is 31.2. The number of amides is 2. The highest BCUT2D eigenvalue weighted by Crippen LogP contribution is 2.12. The standard InChI is InChI=1S/C18H17N5O3/c19-16(24)11-26-15-3-1-14(2-4-15)18(25)22-10-13-5-6-21-17(9-13)23-8-7-20-12-23/h1-9,12H,10-11H2,(H2,19,24)(H,22,25). The van der Waals surface area contributed by atoms with E-state index in [-0.39, 0.29) is 12.5 Å². The molecule has 26 heavy (non-hydrogen) atoms. The first-order valence-corrected chi connectivity index (χ1v) is 7.84. The van der Waals surface area contributed by atoms with Crippen molar-refractivity contribution in [3.63, 3.8) is 0 Å². The molecule has 132 valence electrons. The Hall–Kier alpha value is -3.68. The van der Waals surface area contributed by atoms with Gasteiger partial charge in [0, 0.05) is 30.7 Å². The van der Waals surface area contributed by atoms with Crippen molar-refractivity contribution in [3.05, 3.63) is 72.4 Å². The number of aromatic nitrogens is 3. The number of primary amides is 1. The Morgan fingerprint density at radius 2 is 1.96 bits per heavy atom. The van der Waals surface area contributed by atoms with E-state index in [2.05, 4.69) is 15.3 Å². The largest absolute Gasteiger partial charge is 0.484 e. The van der Waals surface area contributed by atoms with E-state index in [0.29, 0.717) is 17.9 Å². The maximum absolute atomic E-state index is 12.3. The normalized spacial score (nSPS) is 10.3. The first kappa shape index (κ1) is 17.2. The first-order valence-electron chi connectivity index (χ1n) is 7.84. The van der Waals surface area contributed by atoms with Gasteiger partial charge < -0.3 is 15.8 Å². The van der Waals surface area contributed by atoms with Gasteiger partial charge in [0.2, 0.25) is 0 Å². The molecule has 0 aliphatic heterocycles. The van der Waals surface area contributed by atoms with Crippen LogP contribution in [-0.4, -0.2) is 33.0 Å². The summed E-state index contributed by atoms with van der Waals surface area (Å²) in [5.74, 6) is 0.427. The van der Waals surface area contributed by atoms with Crippen LogP contribution in [0.25, 0.3) is 5.82 Å². The number of carbonyl (C=O) groups excluding carboxylic acids is 2. The maximum Gasteiger partial charge on any atom is 0.255 e. The molecule has 0 aliphatic carbocycles. The molecule has 2 aromatic heterocycles. The molecule has 0 fully saturated rings. The van der Waals surface area contributed by atoms with Crippen molar-refractivity contribution in [2.45, 2.75) is 6.54 Å². The topological polar surface area (TPSA) is 112 Å². The van der Waals surface area contributed by atoms with Crippen LogP contribution in [0.15, 0.2) is 61.3 Å². The summed E-state index contributed by atoms with van der Waals surface area (Å²) >= 11 is 0. The molecule has 2 heterocycles. The number of ether oxygens (including phenoxy) is 1. The Morgan fingerprint density at radius 3 is 2.65 bits per heavy atom. The Labute approximate surface area is 149 Å². The van der Waals surface area contributed by atoms with Crippen LogP contribution >= 0.6 is 0 Å². The summed E-state index contributed by atoms with van der Waals surface area (Å²) < 4.78 is 6.95. The minimum atomic E-state index is -0.556. The summed E-state index contributed by atoms with van der Waals surface area (Å²) in [5.41, 5.74) is 6.42. The molecule has 0 aliphatic rings. The predicted octanol–water partition coefficient (Wildman–Crippen LogP) is 1.06. The van der Waals surface area contributed by atoms with Crippen LogP contribution in [0.1, 0.15) is 15.9 Å². The molecular weight excluding hydrogens is 334 g/mol. The quantitative estimate of drug-likeness (QED) is 0.661. The van der Waals surface area contributed by atoms with Crippen LogP contribution in [0.4, 0.5) is 0 Å². The minimum Gasteiger partial charge on any atom is -0.484 e. The van der Waals surface area contributed by atoms with E-state index in [4.69, 9.17) is 10.5 Å². The molecule has 0 atom stereocenters. The summed E-state index contributed by atoms with van der Waals surface area (Å²) in [6.45, 7) is 0.163. The third kappa shape index (κ3) is 4.44. The van der Waals surface area contributed by atoms with Crippen molar-refractivity contribution < 1.29 is 14.3 Å². The molecule has 0 saturated carbocycles. The van der Waals surface area contributed by atoms with E-state index in [1.807, 2.05) is 12.1 Å². The molecule has 0 bridgehead atoms. The lowest BCUT2D eigenvalue weighted by atomic mass is 10.2. The Kier molecular flexibility index (Phi) is 5.23. The number of carbonyl (C=O) groups is 2. The summed E-state index contributed by atoms with van der Waals surface area (Å²) in [6, 6.07) is 10.2. The Balaban J connectivity index is 1.58. The maximum atomic E-state index is 12.3. The number of benzene rings is 1. The molecule has 3 aromatic rings. The van der Waals surface area contributed by atoms with E-state index < -0.39 is 5.91 Å². The monoisotopic (exact) mass is 351 g/mol. The van der Waals surface area contributed by atoms with Crippen molar-refractivity contribution in [3.8, 4) is 11.6 Å². The predicted molar refractivity (Wildman–Crippen MR) is 93.7 cm³/mol. The lowest BCUT2D eigenvalue weighted by molar-refractivity contribution is -0.119. The average Bonchev–Trinajstić information content (AvgIpc) is 3.20. The number of nitrogens with zero attached hydrogens (tertiary/aromatic N) is 3. The molecule has 8 heteroatoms. The van der Waals surface area contributed by atoms with E-state index >= 15 is 0 Å². The van der Waals surface area contributed by atoms with Gasteiger partial charge in [-0.3, -0.25) is 14.2 Å². The molecule has 0 radical (unpaired) electrons. The number of nitrogens with one attached hydrogen (secondary N) is 1. The molecule has 0 saturated heterocycles. The van der Waals surface area contributed by atoms with Gasteiger partial charge in [-0.25, -0.2) is 9.97 Å². The van der Waals surface area contributed by atoms with Crippen molar-refractivity contribution in [2.75, 3.05) is 6.61 Å². The number of pyridine rings is 1. The second-order valence-corrected chi connectivity index (χ2v) is 5.45. The van der Waals surface area contributed by atoms with Gasteiger partial charge in [-0.05, 0) is 42.0 Å². The van der Waals surface area contributed by atoms with Crippen LogP contribution < -0.4 is 15.8 Å². The number of nitrogens with two attached hydrogens (primary N) is 1. The third-order valence-corrected chi connectivity index (χ3v) is 3.53. The number of imidazole rings is 1. The van der Waals surface area contributed by atoms with Crippen molar-refractivity contribution in [1.82, 2.24) is 19.9 Å². The molecule has 8 nitrogen and oxygen atoms in total. The minimum absolute atomic E-state index is 0.202. The highest BCUT2D eigenvalue weighted by molar-refractivity contribution is 5.94. The molecule has 0 spiro atoms. The molecule has 0 unspecified atom stereocenters. The Bertz CT molecular complexity index is 891. The van der Waals surface area contributed by atoms with Crippen LogP contribution in [0.3, 0.4) is 0 Å². The van der Waals surface area contributed by atoms with Gasteiger partial charge in [-0.15, -0.1) is 0 Å². The summed E-state index contributed by atoms with van der Waals surface area (Å²) in [7, 11) is 0.